The Labute approximate surface area is 137 Å². The van der Waals surface area contributed by atoms with Crippen LogP contribution < -0.4 is 4.90 Å². The largest absolute Gasteiger partial charge is 0.315 e. The van der Waals surface area contributed by atoms with E-state index in [-0.39, 0.29) is 11.3 Å². The number of alkyl halides is 1. The molecule has 1 atom stereocenters. The van der Waals surface area contributed by atoms with E-state index in [4.69, 9.17) is 11.6 Å². The maximum Gasteiger partial charge on any atom is 0.231 e. The summed E-state index contributed by atoms with van der Waals surface area (Å²) in [5, 5.41) is -0.230. The lowest BCUT2D eigenvalue weighted by Gasteiger charge is -2.15. The number of nitrogens with zero attached hydrogens (tertiary/aromatic N) is 1. The second-order valence-electron chi connectivity index (χ2n) is 5.41. The van der Waals surface area contributed by atoms with Gasteiger partial charge in [-0.3, -0.25) is 4.79 Å². The lowest BCUT2D eigenvalue weighted by atomic mass is 10.0. The highest BCUT2D eigenvalue weighted by molar-refractivity contribution is 9.10. The predicted octanol–water partition coefficient (Wildman–Crippen LogP) is 4.60. The summed E-state index contributed by atoms with van der Waals surface area (Å²) in [6, 6.07) is 12.2. The maximum atomic E-state index is 11.8. The summed E-state index contributed by atoms with van der Waals surface area (Å²) in [5.74, 6) is 0.129. The van der Waals surface area contributed by atoms with Gasteiger partial charge in [-0.05, 0) is 41.3 Å². The molecule has 4 heteroatoms. The summed E-state index contributed by atoms with van der Waals surface area (Å²) in [6.45, 7) is 2.05. The van der Waals surface area contributed by atoms with Crippen LogP contribution in [0, 0.1) is 6.92 Å². The van der Waals surface area contributed by atoms with Crippen LogP contribution in [-0.2, 0) is 11.2 Å². The van der Waals surface area contributed by atoms with Crippen molar-refractivity contribution in [3.05, 3.63) is 63.1 Å². The number of halogens is 2. The van der Waals surface area contributed by atoms with Gasteiger partial charge in [0.2, 0.25) is 5.91 Å². The zero-order valence-electron chi connectivity index (χ0n) is 11.9. The van der Waals surface area contributed by atoms with E-state index in [0.717, 1.165) is 26.9 Å². The number of likely N-dealkylation sites (N-methyl/N-ethyl adjacent to an activating group) is 1. The van der Waals surface area contributed by atoms with Crippen LogP contribution in [-0.4, -0.2) is 13.0 Å². The molecule has 0 aromatic heterocycles. The van der Waals surface area contributed by atoms with E-state index < -0.39 is 0 Å². The first kappa shape index (κ1) is 14.6. The summed E-state index contributed by atoms with van der Waals surface area (Å²) in [4.78, 5) is 13.5. The highest BCUT2D eigenvalue weighted by atomic mass is 79.9. The lowest BCUT2D eigenvalue weighted by Crippen LogP contribution is -2.20. The minimum atomic E-state index is -0.230. The number of carbonyl (C=O) groups is 1. The minimum absolute atomic E-state index is 0.129. The van der Waals surface area contributed by atoms with Gasteiger partial charge < -0.3 is 4.90 Å². The average molecular weight is 365 g/mol. The van der Waals surface area contributed by atoms with Crippen LogP contribution in [0.15, 0.2) is 40.9 Å². The van der Waals surface area contributed by atoms with Gasteiger partial charge in [-0.2, -0.15) is 0 Å². The molecule has 0 spiro atoms. The number of rotatable bonds is 2. The Balaban J connectivity index is 1.98. The first-order valence-electron chi connectivity index (χ1n) is 6.77. The molecule has 108 valence electrons. The topological polar surface area (TPSA) is 20.3 Å². The SMILES string of the molecule is Cc1ccc(C(Cl)c2ccc3c(c2)CC(=O)N3C)c(Br)c1. The lowest BCUT2D eigenvalue weighted by molar-refractivity contribution is -0.117. The highest BCUT2D eigenvalue weighted by Crippen LogP contribution is 2.37. The summed E-state index contributed by atoms with van der Waals surface area (Å²) >= 11 is 10.2. The number of fused-ring (bicyclic) bond motifs is 1. The van der Waals surface area contributed by atoms with Crippen molar-refractivity contribution >= 4 is 39.1 Å². The van der Waals surface area contributed by atoms with E-state index in [9.17, 15) is 4.79 Å². The Bertz CT molecular complexity index is 729. The molecule has 0 aliphatic carbocycles. The summed E-state index contributed by atoms with van der Waals surface area (Å²) in [7, 11) is 1.81. The third kappa shape index (κ3) is 2.60. The molecule has 2 aromatic rings. The molecule has 1 unspecified atom stereocenters. The van der Waals surface area contributed by atoms with Crippen molar-refractivity contribution in [3.63, 3.8) is 0 Å². The molecule has 2 nitrogen and oxygen atoms in total. The second kappa shape index (κ2) is 5.47. The van der Waals surface area contributed by atoms with Crippen LogP contribution >= 0.6 is 27.5 Å². The standard InChI is InChI=1S/C17H15BrClNO/c1-10-3-5-13(14(18)7-10)17(19)11-4-6-15-12(8-11)9-16(21)20(15)2/h3-8,17H,9H2,1-2H3. The number of hydrogen-bond donors (Lipinski definition) is 0. The van der Waals surface area contributed by atoms with Gasteiger partial charge in [-0.1, -0.05) is 40.2 Å². The first-order valence-corrected chi connectivity index (χ1v) is 8.00. The van der Waals surface area contributed by atoms with Gasteiger partial charge in [0.1, 0.15) is 0 Å². The molecule has 0 saturated carbocycles. The number of anilines is 1. The second-order valence-corrected chi connectivity index (χ2v) is 6.70. The third-order valence-corrected chi connectivity index (χ3v) is 5.08. The summed E-state index contributed by atoms with van der Waals surface area (Å²) in [6.07, 6.45) is 0.457. The fourth-order valence-electron chi connectivity index (χ4n) is 2.67. The van der Waals surface area contributed by atoms with Crippen molar-refractivity contribution in [2.45, 2.75) is 18.7 Å². The van der Waals surface area contributed by atoms with Crippen molar-refractivity contribution in [2.24, 2.45) is 0 Å². The molecule has 1 aliphatic rings. The zero-order chi connectivity index (χ0) is 15.1. The van der Waals surface area contributed by atoms with Gasteiger partial charge in [0, 0.05) is 17.2 Å². The van der Waals surface area contributed by atoms with E-state index in [0.29, 0.717) is 6.42 Å². The van der Waals surface area contributed by atoms with Gasteiger partial charge in [-0.15, -0.1) is 11.6 Å². The third-order valence-electron chi connectivity index (χ3n) is 3.90. The Hall–Kier alpha value is -1.32. The number of aryl methyl sites for hydroxylation is 1. The van der Waals surface area contributed by atoms with E-state index in [1.807, 2.05) is 31.3 Å². The van der Waals surface area contributed by atoms with Gasteiger partial charge in [0.25, 0.3) is 0 Å². The highest BCUT2D eigenvalue weighted by Gasteiger charge is 2.25. The normalized spacial score (nSPS) is 15.2. The van der Waals surface area contributed by atoms with Crippen molar-refractivity contribution in [1.82, 2.24) is 0 Å². The number of benzene rings is 2. The monoisotopic (exact) mass is 363 g/mol. The predicted molar refractivity (Wildman–Crippen MR) is 90.1 cm³/mol. The van der Waals surface area contributed by atoms with Crippen molar-refractivity contribution < 1.29 is 4.79 Å². The quantitative estimate of drug-likeness (QED) is 0.713. The molecule has 0 bridgehead atoms. The zero-order valence-corrected chi connectivity index (χ0v) is 14.2. The molecule has 1 heterocycles. The molecule has 0 fully saturated rings. The van der Waals surface area contributed by atoms with Gasteiger partial charge in [0.05, 0.1) is 11.8 Å². The smallest absolute Gasteiger partial charge is 0.231 e. The molecule has 0 saturated heterocycles. The van der Waals surface area contributed by atoms with E-state index >= 15 is 0 Å². The van der Waals surface area contributed by atoms with Crippen LogP contribution in [0.5, 0.6) is 0 Å². The maximum absolute atomic E-state index is 11.8. The van der Waals surface area contributed by atoms with Crippen LogP contribution in [0.3, 0.4) is 0 Å². The Morgan fingerprint density at radius 1 is 1.24 bits per heavy atom. The minimum Gasteiger partial charge on any atom is -0.315 e. The van der Waals surface area contributed by atoms with Gasteiger partial charge in [-0.25, -0.2) is 0 Å². The van der Waals surface area contributed by atoms with Gasteiger partial charge >= 0.3 is 0 Å². The number of amides is 1. The fourth-order valence-corrected chi connectivity index (χ4v) is 3.84. The van der Waals surface area contributed by atoms with Crippen LogP contribution in [0.25, 0.3) is 0 Å². The average Bonchev–Trinajstić information content (AvgIpc) is 2.73. The van der Waals surface area contributed by atoms with Crippen molar-refractivity contribution in [2.75, 3.05) is 11.9 Å². The van der Waals surface area contributed by atoms with Gasteiger partial charge in [0.15, 0.2) is 0 Å². The molecule has 1 aliphatic heterocycles. The molecule has 21 heavy (non-hydrogen) atoms. The van der Waals surface area contributed by atoms with Crippen molar-refractivity contribution in [3.8, 4) is 0 Å². The molecular formula is C17H15BrClNO. The molecular weight excluding hydrogens is 350 g/mol. The van der Waals surface area contributed by atoms with E-state index in [1.165, 1.54) is 5.56 Å². The Morgan fingerprint density at radius 2 is 2.00 bits per heavy atom. The van der Waals surface area contributed by atoms with E-state index in [1.54, 1.807) is 4.90 Å². The number of hydrogen-bond acceptors (Lipinski definition) is 1. The Morgan fingerprint density at radius 3 is 2.71 bits per heavy atom. The van der Waals surface area contributed by atoms with Crippen LogP contribution in [0.1, 0.15) is 27.6 Å². The first-order chi connectivity index (χ1) is 9.97. The van der Waals surface area contributed by atoms with Crippen LogP contribution in [0.4, 0.5) is 5.69 Å². The molecule has 0 radical (unpaired) electrons. The molecule has 3 rings (SSSR count). The molecule has 2 aromatic carbocycles. The molecule has 1 amide bonds. The number of carbonyl (C=O) groups excluding carboxylic acids is 1. The summed E-state index contributed by atoms with van der Waals surface area (Å²) < 4.78 is 1.01. The van der Waals surface area contributed by atoms with E-state index in [2.05, 4.69) is 35.0 Å². The summed E-state index contributed by atoms with van der Waals surface area (Å²) in [5.41, 5.74) is 5.28. The Kier molecular flexibility index (Phi) is 3.80. The fraction of sp³-hybridized carbons (Fsp3) is 0.235. The molecule has 0 N–H and O–H groups in total. The van der Waals surface area contributed by atoms with Crippen molar-refractivity contribution in [1.29, 1.82) is 0 Å². The van der Waals surface area contributed by atoms with Crippen LogP contribution in [0.2, 0.25) is 0 Å².